The third kappa shape index (κ3) is 3.76. The highest BCUT2D eigenvalue weighted by atomic mass is 32.1. The van der Waals surface area contributed by atoms with Crippen molar-refractivity contribution in [1.29, 1.82) is 0 Å². The van der Waals surface area contributed by atoms with E-state index in [1.807, 2.05) is 30.3 Å². The Morgan fingerprint density at radius 1 is 0.963 bits per heavy atom. The van der Waals surface area contributed by atoms with Crippen molar-refractivity contribution in [1.82, 2.24) is 14.7 Å². The predicted molar refractivity (Wildman–Crippen MR) is 107 cm³/mol. The number of hydrogen-bond acceptors (Lipinski definition) is 5. The Bertz CT molecular complexity index is 788. The van der Waals surface area contributed by atoms with E-state index in [0.717, 1.165) is 38.4 Å². The first-order chi connectivity index (χ1) is 13.1. The zero-order valence-corrected chi connectivity index (χ0v) is 16.3. The van der Waals surface area contributed by atoms with Crippen molar-refractivity contribution < 1.29 is 9.59 Å². The van der Waals surface area contributed by atoms with E-state index in [4.69, 9.17) is 0 Å². The van der Waals surface area contributed by atoms with E-state index in [1.54, 1.807) is 23.2 Å². The van der Waals surface area contributed by atoms with Gasteiger partial charge < -0.3 is 0 Å². The highest BCUT2D eigenvalue weighted by molar-refractivity contribution is 7.09. The molecule has 0 radical (unpaired) electrons. The number of para-hydroxylation sites is 1. The van der Waals surface area contributed by atoms with E-state index in [9.17, 15) is 9.59 Å². The molecule has 2 aromatic rings. The van der Waals surface area contributed by atoms with Gasteiger partial charge in [0.25, 0.3) is 5.91 Å². The third-order valence-electron chi connectivity index (χ3n) is 5.25. The van der Waals surface area contributed by atoms with Crippen LogP contribution in [0.3, 0.4) is 0 Å². The number of carbonyl (C=O) groups excluding carboxylic acids is 2. The Hall–Kier alpha value is -2.22. The first kappa shape index (κ1) is 18.2. The minimum Gasteiger partial charge on any atom is -0.296 e. The summed E-state index contributed by atoms with van der Waals surface area (Å²) in [5.41, 5.74) is 0.770. The van der Waals surface area contributed by atoms with Gasteiger partial charge in [0.05, 0.1) is 6.67 Å². The van der Waals surface area contributed by atoms with Crippen LogP contribution < -0.4 is 4.90 Å². The SMILES string of the molecule is C[C@@H]1C(=O)N(CN2CCN(Cc3cccs3)CC2)C(=O)N1c1ccccc1. The number of nitrogens with zero attached hydrogens (tertiary/aromatic N) is 4. The van der Waals surface area contributed by atoms with Gasteiger partial charge in [-0.25, -0.2) is 9.69 Å². The summed E-state index contributed by atoms with van der Waals surface area (Å²) in [4.78, 5) is 34.5. The second kappa shape index (κ2) is 7.80. The maximum Gasteiger partial charge on any atom is 0.333 e. The van der Waals surface area contributed by atoms with Crippen LogP contribution in [0.25, 0.3) is 0 Å². The Morgan fingerprint density at radius 3 is 2.33 bits per heavy atom. The van der Waals surface area contributed by atoms with Gasteiger partial charge in [0.15, 0.2) is 0 Å². The second-order valence-electron chi connectivity index (χ2n) is 7.05. The van der Waals surface area contributed by atoms with Gasteiger partial charge in [-0.05, 0) is 30.5 Å². The molecule has 142 valence electrons. The lowest BCUT2D eigenvalue weighted by molar-refractivity contribution is -0.128. The van der Waals surface area contributed by atoms with Gasteiger partial charge in [-0.1, -0.05) is 24.3 Å². The zero-order chi connectivity index (χ0) is 18.8. The fraction of sp³-hybridized carbons (Fsp3) is 0.400. The average Bonchev–Trinajstić information content (AvgIpc) is 3.27. The van der Waals surface area contributed by atoms with Crippen molar-refractivity contribution in [2.75, 3.05) is 37.7 Å². The Labute approximate surface area is 163 Å². The van der Waals surface area contributed by atoms with Gasteiger partial charge >= 0.3 is 6.03 Å². The van der Waals surface area contributed by atoms with Crippen LogP contribution in [0, 0.1) is 0 Å². The molecule has 1 atom stereocenters. The van der Waals surface area contributed by atoms with Gasteiger partial charge in [0, 0.05) is 43.3 Å². The van der Waals surface area contributed by atoms with Crippen molar-refractivity contribution in [2.45, 2.75) is 19.5 Å². The number of anilines is 1. The number of piperazine rings is 1. The minimum absolute atomic E-state index is 0.120. The molecule has 1 aromatic carbocycles. The van der Waals surface area contributed by atoms with Crippen LogP contribution in [0.4, 0.5) is 10.5 Å². The summed E-state index contributed by atoms with van der Waals surface area (Å²) in [5, 5.41) is 2.11. The number of urea groups is 1. The number of amides is 3. The quantitative estimate of drug-likeness (QED) is 0.744. The molecule has 7 heteroatoms. The van der Waals surface area contributed by atoms with E-state index >= 15 is 0 Å². The van der Waals surface area contributed by atoms with E-state index < -0.39 is 6.04 Å². The predicted octanol–water partition coefficient (Wildman–Crippen LogP) is 2.68. The first-order valence-electron chi connectivity index (χ1n) is 9.30. The fourth-order valence-corrected chi connectivity index (χ4v) is 4.44. The van der Waals surface area contributed by atoms with Crippen molar-refractivity contribution in [3.8, 4) is 0 Å². The smallest absolute Gasteiger partial charge is 0.296 e. The Balaban J connectivity index is 1.36. The van der Waals surface area contributed by atoms with Crippen molar-refractivity contribution >= 4 is 29.0 Å². The van der Waals surface area contributed by atoms with Crippen molar-refractivity contribution in [3.05, 3.63) is 52.7 Å². The molecule has 0 N–H and O–H groups in total. The van der Waals surface area contributed by atoms with Crippen LogP contribution in [-0.4, -0.2) is 65.5 Å². The lowest BCUT2D eigenvalue weighted by atomic mass is 10.2. The summed E-state index contributed by atoms with van der Waals surface area (Å²) >= 11 is 1.78. The van der Waals surface area contributed by atoms with E-state index in [0.29, 0.717) is 6.67 Å². The van der Waals surface area contributed by atoms with Crippen molar-refractivity contribution in [2.24, 2.45) is 0 Å². The molecular formula is C20H24N4O2S. The molecule has 4 rings (SSSR count). The lowest BCUT2D eigenvalue weighted by Crippen LogP contribution is -2.51. The lowest BCUT2D eigenvalue weighted by Gasteiger charge is -2.35. The summed E-state index contributed by atoms with van der Waals surface area (Å²) in [6.45, 7) is 6.78. The van der Waals surface area contributed by atoms with Gasteiger partial charge in [0.2, 0.25) is 0 Å². The van der Waals surface area contributed by atoms with Gasteiger partial charge in [-0.15, -0.1) is 11.3 Å². The molecule has 2 aliphatic heterocycles. The van der Waals surface area contributed by atoms with Crippen LogP contribution in [0.2, 0.25) is 0 Å². The number of hydrogen-bond donors (Lipinski definition) is 0. The molecule has 3 heterocycles. The highest BCUT2D eigenvalue weighted by Gasteiger charge is 2.43. The fourth-order valence-electron chi connectivity index (χ4n) is 3.69. The minimum atomic E-state index is -0.458. The average molecular weight is 385 g/mol. The normalized spacial score (nSPS) is 22.0. The largest absolute Gasteiger partial charge is 0.333 e. The van der Waals surface area contributed by atoms with Crippen molar-refractivity contribution in [3.63, 3.8) is 0 Å². The number of imide groups is 1. The van der Waals surface area contributed by atoms with Crippen LogP contribution in [0.1, 0.15) is 11.8 Å². The second-order valence-corrected chi connectivity index (χ2v) is 8.08. The maximum absolute atomic E-state index is 12.9. The van der Waals surface area contributed by atoms with Gasteiger partial charge in [-0.2, -0.15) is 0 Å². The van der Waals surface area contributed by atoms with Gasteiger partial charge in [-0.3, -0.25) is 19.5 Å². The van der Waals surface area contributed by atoms with Crippen LogP contribution in [-0.2, 0) is 11.3 Å². The van der Waals surface area contributed by atoms with E-state index in [2.05, 4.69) is 27.3 Å². The van der Waals surface area contributed by atoms with Crippen LogP contribution in [0.5, 0.6) is 0 Å². The van der Waals surface area contributed by atoms with E-state index in [-0.39, 0.29) is 11.9 Å². The van der Waals surface area contributed by atoms with Crippen LogP contribution >= 0.6 is 11.3 Å². The molecule has 2 fully saturated rings. The number of thiophene rings is 1. The standard InChI is InChI=1S/C20H24N4O2S/c1-16-19(25)23(20(26)24(16)17-6-3-2-4-7-17)15-22-11-9-21(10-12-22)14-18-8-5-13-27-18/h2-8,13,16H,9-12,14-15H2,1H3/t16-/m1/s1. The number of carbonyl (C=O) groups is 2. The molecule has 0 bridgehead atoms. The molecule has 0 spiro atoms. The molecule has 2 saturated heterocycles. The number of benzene rings is 1. The zero-order valence-electron chi connectivity index (χ0n) is 15.5. The topological polar surface area (TPSA) is 47.1 Å². The maximum atomic E-state index is 12.9. The molecule has 3 amide bonds. The molecule has 6 nitrogen and oxygen atoms in total. The molecule has 0 aliphatic carbocycles. The third-order valence-corrected chi connectivity index (χ3v) is 6.11. The first-order valence-corrected chi connectivity index (χ1v) is 10.2. The molecule has 0 unspecified atom stereocenters. The molecule has 0 saturated carbocycles. The summed E-state index contributed by atoms with van der Waals surface area (Å²) in [5.74, 6) is -0.120. The summed E-state index contributed by atoms with van der Waals surface area (Å²) in [7, 11) is 0. The highest BCUT2D eigenvalue weighted by Crippen LogP contribution is 2.25. The molecular weight excluding hydrogens is 360 g/mol. The molecule has 2 aliphatic rings. The Kier molecular flexibility index (Phi) is 5.24. The van der Waals surface area contributed by atoms with Gasteiger partial charge in [0.1, 0.15) is 6.04 Å². The Morgan fingerprint density at radius 2 is 1.67 bits per heavy atom. The summed E-state index contributed by atoms with van der Waals surface area (Å²) in [6, 6.07) is 13.0. The summed E-state index contributed by atoms with van der Waals surface area (Å²) < 4.78 is 0. The van der Waals surface area contributed by atoms with Crippen LogP contribution in [0.15, 0.2) is 47.8 Å². The summed E-state index contributed by atoms with van der Waals surface area (Å²) in [6.07, 6.45) is 0. The monoisotopic (exact) mass is 384 g/mol. The molecule has 27 heavy (non-hydrogen) atoms. The molecule has 1 aromatic heterocycles. The number of rotatable bonds is 5. The van der Waals surface area contributed by atoms with E-state index in [1.165, 1.54) is 9.78 Å².